The number of rotatable bonds is 3. The number of hydrogen-bond acceptors (Lipinski definition) is 5. The molecule has 1 N–H and O–H groups in total. The number of furan rings is 1. The smallest absolute Gasteiger partial charge is 0.372 e. The predicted octanol–water partition coefficient (Wildman–Crippen LogP) is 2.62. The summed E-state index contributed by atoms with van der Waals surface area (Å²) in [6.07, 6.45) is 4.18. The van der Waals surface area contributed by atoms with Crippen LogP contribution in [0, 0.1) is 0 Å². The summed E-state index contributed by atoms with van der Waals surface area (Å²) in [6, 6.07) is 1.72. The molecule has 0 amide bonds. The van der Waals surface area contributed by atoms with Gasteiger partial charge in [0, 0.05) is 54.5 Å². The first-order valence-electron chi connectivity index (χ1n) is 7.72. The van der Waals surface area contributed by atoms with Crippen LogP contribution in [0.2, 0.25) is 0 Å². The maximum atomic E-state index is 11.1. The van der Waals surface area contributed by atoms with Crippen LogP contribution in [-0.2, 0) is 24.9 Å². The second kappa shape index (κ2) is 5.77. The maximum absolute atomic E-state index is 11.1. The van der Waals surface area contributed by atoms with Gasteiger partial charge in [-0.3, -0.25) is 4.90 Å². The predicted molar refractivity (Wildman–Crippen MR) is 84.2 cm³/mol. The van der Waals surface area contributed by atoms with Crippen LogP contribution in [0.15, 0.2) is 22.9 Å². The third-order valence-corrected chi connectivity index (χ3v) is 4.02. The van der Waals surface area contributed by atoms with E-state index >= 15 is 0 Å². The molecule has 3 heterocycles. The molecule has 0 aromatic carbocycles. The van der Waals surface area contributed by atoms with Crippen LogP contribution in [0.3, 0.4) is 0 Å². The molecule has 0 bridgehead atoms. The lowest BCUT2D eigenvalue weighted by molar-refractivity contribution is 0.0658. The molecule has 2 aromatic rings. The molecule has 6 nitrogen and oxygen atoms in total. The van der Waals surface area contributed by atoms with E-state index in [0.717, 1.165) is 36.6 Å². The van der Waals surface area contributed by atoms with Crippen molar-refractivity contribution in [3.8, 4) is 0 Å². The van der Waals surface area contributed by atoms with Gasteiger partial charge in [-0.2, -0.15) is 0 Å². The summed E-state index contributed by atoms with van der Waals surface area (Å²) in [4.78, 5) is 22.5. The van der Waals surface area contributed by atoms with Gasteiger partial charge in [-0.1, -0.05) is 20.8 Å². The molecule has 2 aromatic heterocycles. The first-order valence-corrected chi connectivity index (χ1v) is 7.72. The summed E-state index contributed by atoms with van der Waals surface area (Å²) in [5, 5.41) is 9.12. The summed E-state index contributed by atoms with van der Waals surface area (Å²) in [7, 11) is 0. The van der Waals surface area contributed by atoms with E-state index in [0.29, 0.717) is 12.1 Å². The Kier molecular flexibility index (Phi) is 3.93. The number of carboxylic acid groups (broad SMARTS) is 1. The highest BCUT2D eigenvalue weighted by molar-refractivity contribution is 5.86. The summed E-state index contributed by atoms with van der Waals surface area (Å²) < 4.78 is 5.04. The Hall–Kier alpha value is -2.21. The van der Waals surface area contributed by atoms with Gasteiger partial charge in [0.05, 0.1) is 6.26 Å². The van der Waals surface area contributed by atoms with Gasteiger partial charge < -0.3 is 9.52 Å². The molecule has 6 heteroatoms. The van der Waals surface area contributed by atoms with Crippen LogP contribution in [0.4, 0.5) is 0 Å². The zero-order valence-corrected chi connectivity index (χ0v) is 13.7. The van der Waals surface area contributed by atoms with Crippen LogP contribution in [0.5, 0.6) is 0 Å². The van der Waals surface area contributed by atoms with Crippen molar-refractivity contribution in [2.24, 2.45) is 0 Å². The van der Waals surface area contributed by atoms with Crippen molar-refractivity contribution >= 4 is 5.97 Å². The minimum Gasteiger partial charge on any atom is -0.475 e. The highest BCUT2D eigenvalue weighted by Gasteiger charge is 2.24. The van der Waals surface area contributed by atoms with E-state index in [1.165, 1.54) is 6.26 Å². The number of aromatic nitrogens is 2. The summed E-state index contributed by atoms with van der Waals surface area (Å²) in [5.74, 6) is -0.136. The molecule has 0 saturated heterocycles. The first-order chi connectivity index (χ1) is 10.8. The van der Waals surface area contributed by atoms with Gasteiger partial charge in [0.15, 0.2) is 0 Å². The molecular formula is C17H21N3O3. The summed E-state index contributed by atoms with van der Waals surface area (Å²) in [6.45, 7) is 8.45. The number of carboxylic acids is 1. The van der Waals surface area contributed by atoms with Gasteiger partial charge in [0.1, 0.15) is 5.82 Å². The molecular weight excluding hydrogens is 294 g/mol. The molecule has 0 aliphatic carbocycles. The highest BCUT2D eigenvalue weighted by Crippen LogP contribution is 2.24. The van der Waals surface area contributed by atoms with Crippen molar-refractivity contribution in [2.75, 3.05) is 6.54 Å². The fourth-order valence-electron chi connectivity index (χ4n) is 2.76. The molecule has 1 aliphatic heterocycles. The van der Waals surface area contributed by atoms with Gasteiger partial charge in [-0.15, -0.1) is 0 Å². The van der Waals surface area contributed by atoms with Crippen LogP contribution in [-0.4, -0.2) is 32.5 Å². The van der Waals surface area contributed by atoms with Gasteiger partial charge in [-0.25, -0.2) is 14.8 Å². The fourth-order valence-corrected chi connectivity index (χ4v) is 2.76. The largest absolute Gasteiger partial charge is 0.475 e. The molecule has 0 radical (unpaired) electrons. The molecule has 3 rings (SSSR count). The van der Waals surface area contributed by atoms with Crippen molar-refractivity contribution in [3.63, 3.8) is 0 Å². The molecule has 1 aliphatic rings. The number of aromatic carboxylic acids is 1. The van der Waals surface area contributed by atoms with E-state index in [1.807, 2.05) is 6.20 Å². The van der Waals surface area contributed by atoms with Gasteiger partial charge in [0.25, 0.3) is 0 Å². The quantitative estimate of drug-likeness (QED) is 0.938. The third-order valence-electron chi connectivity index (χ3n) is 4.02. The van der Waals surface area contributed by atoms with E-state index in [-0.39, 0.29) is 11.2 Å². The normalized spacial score (nSPS) is 15.4. The Balaban J connectivity index is 1.76. The lowest BCUT2D eigenvalue weighted by Crippen LogP contribution is -2.32. The Morgan fingerprint density at radius 1 is 1.43 bits per heavy atom. The van der Waals surface area contributed by atoms with Crippen molar-refractivity contribution in [3.05, 3.63) is 46.9 Å². The highest BCUT2D eigenvalue weighted by atomic mass is 16.4. The van der Waals surface area contributed by atoms with Gasteiger partial charge in [0.2, 0.25) is 5.76 Å². The van der Waals surface area contributed by atoms with Crippen LogP contribution in [0.25, 0.3) is 0 Å². The zero-order chi connectivity index (χ0) is 16.6. The molecule has 23 heavy (non-hydrogen) atoms. The number of hydrogen-bond donors (Lipinski definition) is 1. The second-order valence-corrected chi connectivity index (χ2v) is 6.96. The maximum Gasteiger partial charge on any atom is 0.372 e. The lowest BCUT2D eigenvalue weighted by Gasteiger charge is -2.28. The van der Waals surface area contributed by atoms with E-state index < -0.39 is 5.97 Å². The molecule has 0 unspecified atom stereocenters. The van der Waals surface area contributed by atoms with Crippen LogP contribution < -0.4 is 0 Å². The SMILES string of the molecule is CC(C)(C)c1ncc2c(n1)CCN(Cc1ccoc1C(=O)O)C2. The Morgan fingerprint density at radius 3 is 2.91 bits per heavy atom. The van der Waals surface area contributed by atoms with Crippen molar-refractivity contribution in [1.29, 1.82) is 0 Å². The monoisotopic (exact) mass is 315 g/mol. The van der Waals surface area contributed by atoms with Crippen LogP contribution in [0.1, 0.15) is 54.0 Å². The zero-order valence-electron chi connectivity index (χ0n) is 13.7. The Labute approximate surface area is 135 Å². The number of fused-ring (bicyclic) bond motifs is 1. The Bertz CT molecular complexity index is 731. The van der Waals surface area contributed by atoms with E-state index in [4.69, 9.17) is 14.5 Å². The minimum absolute atomic E-state index is 0.0233. The van der Waals surface area contributed by atoms with E-state index in [2.05, 4.69) is 30.7 Å². The fraction of sp³-hybridized carbons (Fsp3) is 0.471. The average Bonchev–Trinajstić information content (AvgIpc) is 2.94. The van der Waals surface area contributed by atoms with E-state index in [9.17, 15) is 4.79 Å². The van der Waals surface area contributed by atoms with Crippen molar-refractivity contribution < 1.29 is 14.3 Å². The molecule has 0 atom stereocenters. The second-order valence-electron chi connectivity index (χ2n) is 6.96. The molecule has 0 saturated carbocycles. The van der Waals surface area contributed by atoms with Gasteiger partial charge >= 0.3 is 5.97 Å². The lowest BCUT2D eigenvalue weighted by atomic mass is 9.95. The van der Waals surface area contributed by atoms with Crippen LogP contribution >= 0.6 is 0 Å². The average molecular weight is 315 g/mol. The number of nitrogens with zero attached hydrogens (tertiary/aromatic N) is 3. The standard InChI is InChI=1S/C17H21N3O3/c1-17(2,3)16-18-8-12-10-20(6-4-13(12)19-16)9-11-5-7-23-14(11)15(21)22/h5,7-8H,4,6,9-10H2,1-3H3,(H,21,22). The topological polar surface area (TPSA) is 79.5 Å². The van der Waals surface area contributed by atoms with E-state index in [1.54, 1.807) is 6.07 Å². The molecule has 0 spiro atoms. The summed E-state index contributed by atoms with van der Waals surface area (Å²) in [5.41, 5.74) is 2.86. The third kappa shape index (κ3) is 3.27. The molecule has 0 fully saturated rings. The van der Waals surface area contributed by atoms with Crippen molar-refractivity contribution in [2.45, 2.75) is 45.7 Å². The minimum atomic E-state index is -1.03. The number of carbonyl (C=O) groups is 1. The summed E-state index contributed by atoms with van der Waals surface area (Å²) >= 11 is 0. The first kappa shape index (κ1) is 15.7. The Morgan fingerprint density at radius 2 is 2.22 bits per heavy atom. The molecule has 122 valence electrons. The van der Waals surface area contributed by atoms with Gasteiger partial charge in [-0.05, 0) is 6.07 Å². The van der Waals surface area contributed by atoms with Crippen molar-refractivity contribution in [1.82, 2.24) is 14.9 Å².